The highest BCUT2D eigenvalue weighted by atomic mass is 19.1. The first kappa shape index (κ1) is 21.0. The lowest BCUT2D eigenvalue weighted by atomic mass is 10.1. The predicted molar refractivity (Wildman–Crippen MR) is 121 cm³/mol. The minimum atomic E-state index is -0.432. The summed E-state index contributed by atoms with van der Waals surface area (Å²) in [5.41, 5.74) is 3.83. The van der Waals surface area contributed by atoms with E-state index in [-0.39, 0.29) is 18.3 Å². The van der Waals surface area contributed by atoms with Crippen molar-refractivity contribution in [1.82, 2.24) is 15.1 Å². The highest BCUT2D eigenvalue weighted by Crippen LogP contribution is 2.25. The van der Waals surface area contributed by atoms with Crippen LogP contribution in [0.5, 0.6) is 0 Å². The summed E-state index contributed by atoms with van der Waals surface area (Å²) in [4.78, 5) is 25.2. The second-order valence-electron chi connectivity index (χ2n) is 7.28. The SMILES string of the molecule is Cc1cccc(-c2nn(-c3ccc(F)cc3)cc2C(=O)NCC(=O)Nc2ccccc2)c1. The standard InChI is InChI=1S/C25H21FN4O2/c1-17-6-5-7-18(14-17)24-22(16-30(29-24)21-12-10-19(26)11-13-21)25(32)27-15-23(31)28-20-8-3-2-4-9-20/h2-14,16H,15H2,1H3,(H,27,32)(H,28,31). The number of carbonyl (C=O) groups is 2. The van der Waals surface area contributed by atoms with Gasteiger partial charge in [0.25, 0.3) is 5.91 Å². The molecule has 3 aromatic carbocycles. The molecule has 0 fully saturated rings. The molecule has 0 saturated carbocycles. The lowest BCUT2D eigenvalue weighted by Crippen LogP contribution is -2.32. The summed E-state index contributed by atoms with van der Waals surface area (Å²) in [6.45, 7) is 1.76. The highest BCUT2D eigenvalue weighted by Gasteiger charge is 2.19. The number of para-hydroxylation sites is 1. The third-order valence-corrected chi connectivity index (χ3v) is 4.81. The molecule has 0 saturated heterocycles. The molecule has 6 nitrogen and oxygen atoms in total. The zero-order chi connectivity index (χ0) is 22.5. The van der Waals surface area contributed by atoms with Crippen molar-refractivity contribution in [2.24, 2.45) is 0 Å². The van der Waals surface area contributed by atoms with Gasteiger partial charge in [-0.1, -0.05) is 42.0 Å². The van der Waals surface area contributed by atoms with Crippen molar-refractivity contribution in [1.29, 1.82) is 0 Å². The Morgan fingerprint density at radius 2 is 1.72 bits per heavy atom. The Bertz CT molecular complexity index is 1250. The van der Waals surface area contributed by atoms with Crippen molar-refractivity contribution in [3.8, 4) is 16.9 Å². The van der Waals surface area contributed by atoms with Gasteiger partial charge in [0, 0.05) is 17.4 Å². The molecule has 2 N–H and O–H groups in total. The molecule has 4 aromatic rings. The highest BCUT2D eigenvalue weighted by molar-refractivity contribution is 6.02. The van der Waals surface area contributed by atoms with Gasteiger partial charge in [-0.25, -0.2) is 9.07 Å². The molecule has 0 radical (unpaired) electrons. The van der Waals surface area contributed by atoms with Crippen LogP contribution in [0.25, 0.3) is 16.9 Å². The summed E-state index contributed by atoms with van der Waals surface area (Å²) < 4.78 is 14.8. The first-order valence-electron chi connectivity index (χ1n) is 10.1. The summed E-state index contributed by atoms with van der Waals surface area (Å²) in [5.74, 6) is -1.13. The molecule has 7 heteroatoms. The molecule has 0 aliphatic rings. The van der Waals surface area contributed by atoms with Gasteiger partial charge in [0.05, 0.1) is 17.8 Å². The Morgan fingerprint density at radius 1 is 0.969 bits per heavy atom. The van der Waals surface area contributed by atoms with E-state index in [4.69, 9.17) is 0 Å². The smallest absolute Gasteiger partial charge is 0.255 e. The Kier molecular flexibility index (Phi) is 6.07. The lowest BCUT2D eigenvalue weighted by Gasteiger charge is -2.07. The van der Waals surface area contributed by atoms with E-state index in [0.717, 1.165) is 11.1 Å². The van der Waals surface area contributed by atoms with Gasteiger partial charge in [-0.2, -0.15) is 5.10 Å². The maximum atomic E-state index is 13.3. The number of hydrogen-bond acceptors (Lipinski definition) is 3. The number of nitrogens with zero attached hydrogens (tertiary/aromatic N) is 2. The number of hydrogen-bond donors (Lipinski definition) is 2. The molecule has 0 bridgehead atoms. The van der Waals surface area contributed by atoms with Crippen LogP contribution in [0.3, 0.4) is 0 Å². The molecular weight excluding hydrogens is 407 g/mol. The Labute approximate surface area is 184 Å². The molecule has 0 unspecified atom stereocenters. The van der Waals surface area contributed by atoms with Crippen molar-refractivity contribution < 1.29 is 14.0 Å². The number of rotatable bonds is 6. The number of amides is 2. The quantitative estimate of drug-likeness (QED) is 0.479. The van der Waals surface area contributed by atoms with Gasteiger partial charge in [0.15, 0.2) is 0 Å². The first-order chi connectivity index (χ1) is 15.5. The first-order valence-corrected chi connectivity index (χ1v) is 10.1. The van der Waals surface area contributed by atoms with E-state index in [1.807, 2.05) is 49.4 Å². The summed E-state index contributed by atoms with van der Waals surface area (Å²) in [6.07, 6.45) is 1.58. The van der Waals surface area contributed by atoms with Crippen molar-refractivity contribution in [3.05, 3.63) is 102 Å². The number of halogens is 1. The number of aryl methyl sites for hydroxylation is 1. The number of aromatic nitrogens is 2. The minimum absolute atomic E-state index is 0.192. The Hall–Kier alpha value is -4.26. The van der Waals surface area contributed by atoms with E-state index in [1.54, 1.807) is 30.5 Å². The summed E-state index contributed by atoms with van der Waals surface area (Å²) in [6, 6.07) is 22.5. The van der Waals surface area contributed by atoms with E-state index in [1.165, 1.54) is 16.8 Å². The van der Waals surface area contributed by atoms with Crippen LogP contribution in [0, 0.1) is 12.7 Å². The van der Waals surface area contributed by atoms with E-state index < -0.39 is 5.91 Å². The predicted octanol–water partition coefficient (Wildman–Crippen LogP) is 4.36. The summed E-state index contributed by atoms with van der Waals surface area (Å²) in [5, 5.41) is 9.95. The molecule has 2 amide bonds. The molecule has 0 atom stereocenters. The van der Waals surface area contributed by atoms with Crippen LogP contribution in [-0.2, 0) is 4.79 Å². The van der Waals surface area contributed by atoms with Crippen molar-refractivity contribution in [2.75, 3.05) is 11.9 Å². The van der Waals surface area contributed by atoms with Crippen LogP contribution in [-0.4, -0.2) is 28.1 Å². The monoisotopic (exact) mass is 428 g/mol. The molecular formula is C25H21FN4O2. The largest absolute Gasteiger partial charge is 0.343 e. The average molecular weight is 428 g/mol. The normalized spacial score (nSPS) is 10.6. The fraction of sp³-hybridized carbons (Fsp3) is 0.0800. The maximum absolute atomic E-state index is 13.3. The lowest BCUT2D eigenvalue weighted by molar-refractivity contribution is -0.115. The molecule has 0 spiro atoms. The van der Waals surface area contributed by atoms with E-state index in [0.29, 0.717) is 22.6 Å². The van der Waals surface area contributed by atoms with Gasteiger partial charge in [0.2, 0.25) is 5.91 Å². The minimum Gasteiger partial charge on any atom is -0.343 e. The zero-order valence-electron chi connectivity index (χ0n) is 17.4. The second-order valence-corrected chi connectivity index (χ2v) is 7.28. The van der Waals surface area contributed by atoms with Crippen LogP contribution in [0.15, 0.2) is 85.1 Å². The van der Waals surface area contributed by atoms with Gasteiger partial charge in [-0.05, 0) is 49.4 Å². The average Bonchev–Trinajstić information content (AvgIpc) is 3.24. The fourth-order valence-electron chi connectivity index (χ4n) is 3.25. The molecule has 4 rings (SSSR count). The third-order valence-electron chi connectivity index (χ3n) is 4.81. The number of anilines is 1. The summed E-state index contributed by atoms with van der Waals surface area (Å²) >= 11 is 0. The molecule has 0 aliphatic heterocycles. The van der Waals surface area contributed by atoms with Crippen LogP contribution < -0.4 is 10.6 Å². The molecule has 1 aromatic heterocycles. The van der Waals surface area contributed by atoms with Gasteiger partial charge < -0.3 is 10.6 Å². The van der Waals surface area contributed by atoms with Crippen LogP contribution in [0.4, 0.5) is 10.1 Å². The van der Waals surface area contributed by atoms with Crippen LogP contribution >= 0.6 is 0 Å². The molecule has 0 aliphatic carbocycles. The third kappa shape index (κ3) is 4.89. The van der Waals surface area contributed by atoms with Gasteiger partial charge in [-0.3, -0.25) is 9.59 Å². The number of nitrogens with one attached hydrogen (secondary N) is 2. The second kappa shape index (κ2) is 9.26. The van der Waals surface area contributed by atoms with E-state index >= 15 is 0 Å². The molecule has 1 heterocycles. The Morgan fingerprint density at radius 3 is 2.44 bits per heavy atom. The van der Waals surface area contributed by atoms with E-state index in [2.05, 4.69) is 15.7 Å². The van der Waals surface area contributed by atoms with Gasteiger partial charge in [-0.15, -0.1) is 0 Å². The van der Waals surface area contributed by atoms with Crippen molar-refractivity contribution >= 4 is 17.5 Å². The number of benzene rings is 3. The van der Waals surface area contributed by atoms with Crippen LogP contribution in [0.1, 0.15) is 15.9 Å². The fourth-order valence-corrected chi connectivity index (χ4v) is 3.25. The van der Waals surface area contributed by atoms with E-state index in [9.17, 15) is 14.0 Å². The zero-order valence-corrected chi connectivity index (χ0v) is 17.4. The van der Waals surface area contributed by atoms with Crippen molar-refractivity contribution in [2.45, 2.75) is 6.92 Å². The van der Waals surface area contributed by atoms with Crippen molar-refractivity contribution in [3.63, 3.8) is 0 Å². The number of carbonyl (C=O) groups excluding carboxylic acids is 2. The maximum Gasteiger partial charge on any atom is 0.255 e. The molecule has 32 heavy (non-hydrogen) atoms. The topological polar surface area (TPSA) is 76.0 Å². The van der Waals surface area contributed by atoms with Crippen LogP contribution in [0.2, 0.25) is 0 Å². The Balaban J connectivity index is 1.58. The molecule has 160 valence electrons. The van der Waals surface area contributed by atoms with Gasteiger partial charge >= 0.3 is 0 Å². The van der Waals surface area contributed by atoms with Gasteiger partial charge in [0.1, 0.15) is 11.5 Å². The summed E-state index contributed by atoms with van der Waals surface area (Å²) in [7, 11) is 0.